The lowest BCUT2D eigenvalue weighted by atomic mass is 9.80. The quantitative estimate of drug-likeness (QED) is 0.730. The minimum atomic E-state index is 0.0100. The Morgan fingerprint density at radius 1 is 1.19 bits per heavy atom. The van der Waals surface area contributed by atoms with Crippen molar-refractivity contribution in [2.24, 2.45) is 0 Å². The largest absolute Gasteiger partial charge is 0.508 e. The fraction of sp³-hybridized carbons (Fsp3) is 0.647. The van der Waals surface area contributed by atoms with Crippen LogP contribution in [0.25, 0.3) is 0 Å². The van der Waals surface area contributed by atoms with Crippen molar-refractivity contribution in [3.05, 3.63) is 23.8 Å². The predicted molar refractivity (Wildman–Crippen MR) is 85.7 cm³/mol. The molecule has 1 aliphatic carbocycles. The summed E-state index contributed by atoms with van der Waals surface area (Å²) >= 11 is 0. The number of phenolic OH excluding ortho intramolecular Hbond substituents is 2. The minimum Gasteiger partial charge on any atom is -0.508 e. The van der Waals surface area contributed by atoms with E-state index in [0.717, 1.165) is 12.1 Å². The van der Waals surface area contributed by atoms with E-state index < -0.39 is 0 Å². The smallest absolute Gasteiger partial charge is 0.120 e. The van der Waals surface area contributed by atoms with Gasteiger partial charge in [-0.2, -0.15) is 0 Å². The molecular formula is C17H28N2O2. The number of phenols is 2. The number of benzene rings is 1. The fourth-order valence-corrected chi connectivity index (χ4v) is 3.33. The Bertz CT molecular complexity index is 468. The van der Waals surface area contributed by atoms with E-state index in [-0.39, 0.29) is 23.1 Å². The lowest BCUT2D eigenvalue weighted by Gasteiger charge is -2.44. The second kappa shape index (κ2) is 6.67. The van der Waals surface area contributed by atoms with E-state index in [1.165, 1.54) is 38.2 Å². The lowest BCUT2D eigenvalue weighted by molar-refractivity contribution is 0.0957. The molecule has 4 nitrogen and oxygen atoms in total. The van der Waals surface area contributed by atoms with Crippen molar-refractivity contribution in [3.63, 3.8) is 0 Å². The zero-order valence-corrected chi connectivity index (χ0v) is 13.4. The highest BCUT2D eigenvalue weighted by Gasteiger charge is 2.34. The molecule has 118 valence electrons. The second-order valence-corrected chi connectivity index (χ2v) is 6.53. The summed E-state index contributed by atoms with van der Waals surface area (Å²) in [5.74, 6) is 0.423. The first-order chi connectivity index (χ1) is 9.94. The summed E-state index contributed by atoms with van der Waals surface area (Å²) in [6, 6.07) is 4.70. The van der Waals surface area contributed by atoms with E-state index >= 15 is 0 Å². The zero-order chi connectivity index (χ0) is 15.5. The molecule has 1 unspecified atom stereocenters. The highest BCUT2D eigenvalue weighted by Crippen LogP contribution is 2.33. The molecule has 1 aromatic carbocycles. The fourth-order valence-electron chi connectivity index (χ4n) is 3.33. The molecule has 1 fully saturated rings. The van der Waals surface area contributed by atoms with Crippen molar-refractivity contribution < 1.29 is 10.2 Å². The SMILES string of the molecule is CC(NCC1(N(C)C)CCCCC1)c1cc(O)ccc1O. The molecule has 0 aliphatic heterocycles. The standard InChI is InChI=1S/C17H28N2O2/c1-13(15-11-14(20)7-8-16(15)21)18-12-17(19(2)3)9-5-4-6-10-17/h7-8,11,13,18,20-21H,4-6,9-10,12H2,1-3H3. The monoisotopic (exact) mass is 292 g/mol. The van der Waals surface area contributed by atoms with Gasteiger partial charge in [-0.3, -0.25) is 0 Å². The average Bonchev–Trinajstić information content (AvgIpc) is 2.48. The third kappa shape index (κ3) is 3.69. The van der Waals surface area contributed by atoms with Gasteiger partial charge >= 0.3 is 0 Å². The Hall–Kier alpha value is -1.26. The van der Waals surface area contributed by atoms with Gasteiger partial charge in [-0.25, -0.2) is 0 Å². The number of nitrogens with zero attached hydrogens (tertiary/aromatic N) is 1. The van der Waals surface area contributed by atoms with Gasteiger partial charge in [0.25, 0.3) is 0 Å². The van der Waals surface area contributed by atoms with Crippen molar-refractivity contribution in [2.45, 2.75) is 50.6 Å². The van der Waals surface area contributed by atoms with E-state index in [1.807, 2.05) is 6.92 Å². The van der Waals surface area contributed by atoms with E-state index in [4.69, 9.17) is 0 Å². The summed E-state index contributed by atoms with van der Waals surface area (Å²) in [5.41, 5.74) is 0.957. The van der Waals surface area contributed by atoms with Crippen LogP contribution in [0.2, 0.25) is 0 Å². The molecule has 0 aromatic heterocycles. The van der Waals surface area contributed by atoms with E-state index in [9.17, 15) is 10.2 Å². The number of hydrogen-bond donors (Lipinski definition) is 3. The van der Waals surface area contributed by atoms with E-state index in [1.54, 1.807) is 12.1 Å². The number of likely N-dealkylation sites (N-methyl/N-ethyl adjacent to an activating group) is 1. The molecular weight excluding hydrogens is 264 g/mol. The normalized spacial score (nSPS) is 19.6. The van der Waals surface area contributed by atoms with Crippen molar-refractivity contribution in [3.8, 4) is 11.5 Å². The molecule has 0 heterocycles. The summed E-state index contributed by atoms with van der Waals surface area (Å²) in [4.78, 5) is 2.34. The highest BCUT2D eigenvalue weighted by molar-refractivity contribution is 5.40. The number of hydrogen-bond acceptors (Lipinski definition) is 4. The van der Waals surface area contributed by atoms with Gasteiger partial charge in [-0.1, -0.05) is 19.3 Å². The summed E-state index contributed by atoms with van der Waals surface area (Å²) in [6.45, 7) is 2.93. The van der Waals surface area contributed by atoms with Gasteiger partial charge in [-0.05, 0) is 52.1 Å². The Morgan fingerprint density at radius 3 is 2.48 bits per heavy atom. The molecule has 1 saturated carbocycles. The Kier molecular flexibility index (Phi) is 5.12. The summed E-state index contributed by atoms with van der Waals surface area (Å²) in [5, 5.41) is 23.1. The van der Waals surface area contributed by atoms with Crippen molar-refractivity contribution in [2.75, 3.05) is 20.6 Å². The summed E-state index contributed by atoms with van der Waals surface area (Å²) in [6.07, 6.45) is 6.33. The number of nitrogens with one attached hydrogen (secondary N) is 1. The van der Waals surface area contributed by atoms with Gasteiger partial charge in [0.2, 0.25) is 0 Å². The van der Waals surface area contributed by atoms with Crippen LogP contribution in [0.4, 0.5) is 0 Å². The Labute approximate surface area is 127 Å². The summed E-state index contributed by atoms with van der Waals surface area (Å²) < 4.78 is 0. The van der Waals surface area contributed by atoms with Crippen LogP contribution in [0.5, 0.6) is 11.5 Å². The van der Waals surface area contributed by atoms with Gasteiger partial charge in [0.05, 0.1) is 0 Å². The number of rotatable bonds is 5. The first-order valence-electron chi connectivity index (χ1n) is 7.87. The van der Waals surface area contributed by atoms with E-state index in [0.29, 0.717) is 0 Å². The van der Waals surface area contributed by atoms with E-state index in [2.05, 4.69) is 24.3 Å². The van der Waals surface area contributed by atoms with Gasteiger partial charge in [0.1, 0.15) is 11.5 Å². The predicted octanol–water partition coefficient (Wildman–Crippen LogP) is 3.01. The minimum absolute atomic E-state index is 0.0100. The molecule has 0 spiro atoms. The van der Waals surface area contributed by atoms with Gasteiger partial charge < -0.3 is 20.4 Å². The molecule has 0 radical (unpaired) electrons. The molecule has 0 saturated heterocycles. The molecule has 0 bridgehead atoms. The maximum atomic E-state index is 9.95. The Balaban J connectivity index is 2.05. The Morgan fingerprint density at radius 2 is 1.86 bits per heavy atom. The molecule has 2 rings (SSSR count). The highest BCUT2D eigenvalue weighted by atomic mass is 16.3. The molecule has 1 aromatic rings. The maximum absolute atomic E-state index is 9.95. The number of aromatic hydroxyl groups is 2. The van der Waals surface area contributed by atoms with Crippen LogP contribution < -0.4 is 5.32 Å². The first-order valence-corrected chi connectivity index (χ1v) is 7.87. The molecule has 21 heavy (non-hydrogen) atoms. The van der Waals surface area contributed by atoms with Crippen LogP contribution in [0.1, 0.15) is 50.6 Å². The lowest BCUT2D eigenvalue weighted by Crippen LogP contribution is -2.53. The first kappa shape index (κ1) is 16.1. The van der Waals surface area contributed by atoms with Crippen molar-refractivity contribution in [1.82, 2.24) is 10.2 Å². The van der Waals surface area contributed by atoms with Crippen LogP contribution in [0.3, 0.4) is 0 Å². The molecule has 3 N–H and O–H groups in total. The van der Waals surface area contributed by atoms with Crippen molar-refractivity contribution in [1.29, 1.82) is 0 Å². The van der Waals surface area contributed by atoms with Crippen LogP contribution >= 0.6 is 0 Å². The topological polar surface area (TPSA) is 55.7 Å². The van der Waals surface area contributed by atoms with Crippen LogP contribution in [0.15, 0.2) is 18.2 Å². The third-order valence-corrected chi connectivity index (χ3v) is 4.95. The molecule has 1 aliphatic rings. The zero-order valence-electron chi connectivity index (χ0n) is 13.4. The van der Waals surface area contributed by atoms with Gasteiger partial charge in [-0.15, -0.1) is 0 Å². The van der Waals surface area contributed by atoms with Gasteiger partial charge in [0, 0.05) is 23.7 Å². The third-order valence-electron chi connectivity index (χ3n) is 4.95. The van der Waals surface area contributed by atoms with Crippen LogP contribution in [-0.4, -0.2) is 41.3 Å². The molecule has 1 atom stereocenters. The second-order valence-electron chi connectivity index (χ2n) is 6.53. The van der Waals surface area contributed by atoms with Crippen molar-refractivity contribution >= 4 is 0 Å². The molecule has 0 amide bonds. The maximum Gasteiger partial charge on any atom is 0.120 e. The van der Waals surface area contributed by atoms with Crippen LogP contribution in [-0.2, 0) is 0 Å². The average molecular weight is 292 g/mol. The van der Waals surface area contributed by atoms with Gasteiger partial charge in [0.15, 0.2) is 0 Å². The van der Waals surface area contributed by atoms with Crippen LogP contribution in [0, 0.1) is 0 Å². The molecule has 4 heteroatoms. The summed E-state index contributed by atoms with van der Waals surface area (Å²) in [7, 11) is 4.31.